The molecule has 0 N–H and O–H groups in total. The molecule has 2 aromatic carbocycles. The minimum atomic E-state index is -2.99. The van der Waals surface area contributed by atoms with E-state index in [0.29, 0.717) is 29.3 Å². The predicted octanol–water partition coefficient (Wildman–Crippen LogP) is 3.28. The highest BCUT2D eigenvalue weighted by atomic mass is 32.2. The van der Waals surface area contributed by atoms with Crippen molar-refractivity contribution in [2.24, 2.45) is 5.92 Å². The summed E-state index contributed by atoms with van der Waals surface area (Å²) in [5, 5.41) is 0. The Kier molecular flexibility index (Phi) is 3.57. The molecule has 124 valence electrons. The van der Waals surface area contributed by atoms with Crippen LogP contribution in [0.3, 0.4) is 0 Å². The van der Waals surface area contributed by atoms with Crippen molar-refractivity contribution in [3.8, 4) is 11.5 Å². The van der Waals surface area contributed by atoms with Crippen molar-refractivity contribution in [2.45, 2.75) is 12.8 Å². The highest BCUT2D eigenvalue weighted by Gasteiger charge is 2.34. The van der Waals surface area contributed by atoms with Gasteiger partial charge in [-0.3, -0.25) is 9.69 Å². The van der Waals surface area contributed by atoms with E-state index in [1.54, 1.807) is 4.90 Å². The van der Waals surface area contributed by atoms with Crippen LogP contribution >= 0.6 is 0 Å². The number of amides is 1. The summed E-state index contributed by atoms with van der Waals surface area (Å²) >= 11 is 0. The summed E-state index contributed by atoms with van der Waals surface area (Å²) in [7, 11) is -2.99. The van der Waals surface area contributed by atoms with E-state index in [-0.39, 0.29) is 29.8 Å². The number of benzene rings is 2. The van der Waals surface area contributed by atoms with Crippen molar-refractivity contribution in [1.29, 1.82) is 0 Å². The first kappa shape index (κ1) is 15.2. The molecule has 4 rings (SSSR count). The van der Waals surface area contributed by atoms with Crippen LogP contribution in [-0.2, 0) is 14.6 Å². The van der Waals surface area contributed by atoms with Crippen LogP contribution in [0, 0.1) is 5.92 Å². The number of para-hydroxylation sites is 4. The average Bonchev–Trinajstić information content (AvgIpc) is 2.91. The smallest absolute Gasteiger partial charge is 0.232 e. The summed E-state index contributed by atoms with van der Waals surface area (Å²) in [6.07, 6.45) is 0.781. The van der Waals surface area contributed by atoms with Crippen LogP contribution in [0.25, 0.3) is 0 Å². The van der Waals surface area contributed by atoms with Crippen LogP contribution in [0.4, 0.5) is 11.4 Å². The Bertz CT molecular complexity index is 861. The third-order valence-corrected chi connectivity index (χ3v) is 6.31. The second-order valence-corrected chi connectivity index (χ2v) is 8.47. The SMILES string of the molecule is O=C(CC1CCS(=O)(=O)C1)N1c2ccccc2Oc2ccccc21. The third-order valence-electron chi connectivity index (χ3n) is 4.47. The van der Waals surface area contributed by atoms with Gasteiger partial charge in [-0.15, -0.1) is 0 Å². The largest absolute Gasteiger partial charge is 0.453 e. The van der Waals surface area contributed by atoms with Crippen LogP contribution in [0.2, 0.25) is 0 Å². The Hall–Kier alpha value is -2.34. The molecule has 0 spiro atoms. The number of hydrogen-bond donors (Lipinski definition) is 0. The van der Waals surface area contributed by atoms with E-state index in [0.717, 1.165) is 0 Å². The average molecular weight is 343 g/mol. The van der Waals surface area contributed by atoms with E-state index in [1.807, 2.05) is 48.5 Å². The maximum absolute atomic E-state index is 13.0. The molecule has 6 heteroatoms. The third kappa shape index (κ3) is 2.67. The maximum atomic E-state index is 13.0. The number of ether oxygens (including phenoxy) is 1. The monoisotopic (exact) mass is 343 g/mol. The minimum absolute atomic E-state index is 0.0969. The quantitative estimate of drug-likeness (QED) is 0.839. The van der Waals surface area contributed by atoms with Crippen molar-refractivity contribution in [2.75, 3.05) is 16.4 Å². The zero-order valence-corrected chi connectivity index (χ0v) is 13.8. The van der Waals surface area contributed by atoms with Gasteiger partial charge in [-0.1, -0.05) is 24.3 Å². The standard InChI is InChI=1S/C18H17NO4S/c20-18(11-13-9-10-24(21,22)12-13)19-14-5-1-3-7-16(14)23-17-8-4-2-6-15(17)19/h1-8,13H,9-12H2. The van der Waals surface area contributed by atoms with Crippen molar-refractivity contribution < 1.29 is 17.9 Å². The molecule has 0 radical (unpaired) electrons. The Morgan fingerprint density at radius 1 is 1.04 bits per heavy atom. The van der Waals surface area contributed by atoms with Gasteiger partial charge in [0.1, 0.15) is 0 Å². The van der Waals surface area contributed by atoms with Crippen molar-refractivity contribution >= 4 is 27.1 Å². The lowest BCUT2D eigenvalue weighted by Gasteiger charge is -2.31. The lowest BCUT2D eigenvalue weighted by atomic mass is 10.0. The maximum Gasteiger partial charge on any atom is 0.232 e. The molecule has 0 aromatic heterocycles. The van der Waals surface area contributed by atoms with Gasteiger partial charge >= 0.3 is 0 Å². The summed E-state index contributed by atoms with van der Waals surface area (Å²) < 4.78 is 29.2. The zero-order valence-electron chi connectivity index (χ0n) is 13.0. The molecule has 2 aromatic rings. The number of anilines is 2. The molecule has 0 bridgehead atoms. The van der Waals surface area contributed by atoms with Gasteiger partial charge in [-0.05, 0) is 36.6 Å². The fourth-order valence-electron chi connectivity index (χ4n) is 3.34. The van der Waals surface area contributed by atoms with E-state index in [4.69, 9.17) is 4.74 Å². The van der Waals surface area contributed by atoms with Gasteiger partial charge in [0.05, 0.1) is 22.9 Å². The number of nitrogens with zero attached hydrogens (tertiary/aromatic N) is 1. The number of carbonyl (C=O) groups is 1. The van der Waals surface area contributed by atoms with E-state index in [9.17, 15) is 13.2 Å². The lowest BCUT2D eigenvalue weighted by Crippen LogP contribution is -2.30. The van der Waals surface area contributed by atoms with Gasteiger partial charge in [-0.2, -0.15) is 0 Å². The highest BCUT2D eigenvalue weighted by Crippen LogP contribution is 2.46. The fraction of sp³-hybridized carbons (Fsp3) is 0.278. The summed E-state index contributed by atoms with van der Waals surface area (Å²) in [5.41, 5.74) is 1.39. The van der Waals surface area contributed by atoms with E-state index in [2.05, 4.69) is 0 Å². The Balaban J connectivity index is 1.68. The minimum Gasteiger partial charge on any atom is -0.453 e. The van der Waals surface area contributed by atoms with Gasteiger partial charge in [0.2, 0.25) is 5.91 Å². The predicted molar refractivity (Wildman–Crippen MR) is 91.5 cm³/mol. The molecule has 1 amide bonds. The molecule has 1 fully saturated rings. The summed E-state index contributed by atoms with van der Waals surface area (Å²) in [5.74, 6) is 1.34. The van der Waals surface area contributed by atoms with Gasteiger partial charge in [0, 0.05) is 6.42 Å². The first-order valence-corrected chi connectivity index (χ1v) is 9.75. The highest BCUT2D eigenvalue weighted by molar-refractivity contribution is 7.91. The molecule has 2 aliphatic rings. The second kappa shape index (κ2) is 5.63. The van der Waals surface area contributed by atoms with Crippen LogP contribution in [-0.4, -0.2) is 25.8 Å². The van der Waals surface area contributed by atoms with Crippen LogP contribution in [0.5, 0.6) is 11.5 Å². The van der Waals surface area contributed by atoms with Crippen molar-refractivity contribution in [1.82, 2.24) is 0 Å². The number of carbonyl (C=O) groups excluding carboxylic acids is 1. The molecule has 2 aliphatic heterocycles. The molecule has 2 heterocycles. The molecule has 0 saturated carbocycles. The van der Waals surface area contributed by atoms with Gasteiger partial charge in [-0.25, -0.2) is 8.42 Å². The number of hydrogen-bond acceptors (Lipinski definition) is 4. The van der Waals surface area contributed by atoms with Crippen LogP contribution in [0.1, 0.15) is 12.8 Å². The molecular formula is C18H17NO4S. The van der Waals surface area contributed by atoms with Gasteiger partial charge in [0.15, 0.2) is 21.3 Å². The summed E-state index contributed by atoms with van der Waals surface area (Å²) in [4.78, 5) is 14.6. The molecule has 1 atom stereocenters. The van der Waals surface area contributed by atoms with Gasteiger partial charge < -0.3 is 4.74 Å². The van der Waals surface area contributed by atoms with Crippen LogP contribution < -0.4 is 9.64 Å². The number of fused-ring (bicyclic) bond motifs is 2. The number of rotatable bonds is 2. The molecule has 24 heavy (non-hydrogen) atoms. The van der Waals surface area contributed by atoms with Crippen molar-refractivity contribution in [3.63, 3.8) is 0 Å². The molecule has 1 unspecified atom stereocenters. The fourth-order valence-corrected chi connectivity index (χ4v) is 5.21. The normalized spacial score (nSPS) is 20.8. The zero-order chi connectivity index (χ0) is 16.7. The molecule has 5 nitrogen and oxygen atoms in total. The summed E-state index contributed by atoms with van der Waals surface area (Å²) in [6.45, 7) is 0. The topological polar surface area (TPSA) is 63.7 Å². The van der Waals surface area contributed by atoms with Crippen molar-refractivity contribution in [3.05, 3.63) is 48.5 Å². The van der Waals surface area contributed by atoms with Gasteiger partial charge in [0.25, 0.3) is 0 Å². The number of sulfone groups is 1. The second-order valence-electron chi connectivity index (χ2n) is 6.24. The van der Waals surface area contributed by atoms with E-state index >= 15 is 0 Å². The first-order chi connectivity index (χ1) is 11.5. The molecular weight excluding hydrogens is 326 g/mol. The molecule has 1 saturated heterocycles. The molecule has 0 aliphatic carbocycles. The Labute approximate surface area is 140 Å². The Morgan fingerprint density at radius 3 is 2.17 bits per heavy atom. The first-order valence-electron chi connectivity index (χ1n) is 7.93. The lowest BCUT2D eigenvalue weighted by molar-refractivity contribution is -0.118. The van der Waals surface area contributed by atoms with E-state index < -0.39 is 9.84 Å². The van der Waals surface area contributed by atoms with E-state index in [1.165, 1.54) is 0 Å². The van der Waals surface area contributed by atoms with Crippen LogP contribution in [0.15, 0.2) is 48.5 Å². The Morgan fingerprint density at radius 2 is 1.62 bits per heavy atom. The summed E-state index contributed by atoms with van der Waals surface area (Å²) in [6, 6.07) is 14.8.